The summed E-state index contributed by atoms with van der Waals surface area (Å²) >= 11 is 0. The van der Waals surface area contributed by atoms with Gasteiger partial charge in [-0.15, -0.1) is 10.2 Å². The fourth-order valence-corrected chi connectivity index (χ4v) is 3.70. The summed E-state index contributed by atoms with van der Waals surface area (Å²) in [4.78, 5) is 20.7. The molecular weight excluding hydrogens is 388 g/mol. The lowest BCUT2D eigenvalue weighted by Crippen LogP contribution is -1.98. The summed E-state index contributed by atoms with van der Waals surface area (Å²) in [6.07, 6.45) is 0. The number of amides is 1. The van der Waals surface area contributed by atoms with Crippen molar-refractivity contribution in [3.05, 3.63) is 90.0 Å². The molecule has 2 N–H and O–H groups in total. The maximum absolute atomic E-state index is 13.1. The van der Waals surface area contributed by atoms with E-state index in [0.29, 0.717) is 27.5 Å². The second-order valence-electron chi connectivity index (χ2n) is 7.26. The maximum Gasteiger partial charge on any atom is 0.296 e. The van der Waals surface area contributed by atoms with E-state index in [4.69, 9.17) is 4.98 Å². The molecule has 0 bridgehead atoms. The highest BCUT2D eigenvalue weighted by Gasteiger charge is 2.16. The Hall–Kier alpha value is -4.32. The van der Waals surface area contributed by atoms with Gasteiger partial charge in [0, 0.05) is 16.3 Å². The molecule has 0 aliphatic carbocycles. The van der Waals surface area contributed by atoms with Gasteiger partial charge >= 0.3 is 0 Å². The van der Waals surface area contributed by atoms with Crippen molar-refractivity contribution in [2.24, 2.45) is 10.2 Å². The first-order valence-electron chi connectivity index (χ1n) is 9.83. The van der Waals surface area contributed by atoms with E-state index >= 15 is 0 Å². The van der Waals surface area contributed by atoms with Crippen LogP contribution in [0.15, 0.2) is 89.1 Å². The predicted molar refractivity (Wildman–Crippen MR) is 121 cm³/mol. The lowest BCUT2D eigenvalue weighted by Gasteiger charge is -2.07. The topological polar surface area (TPSA) is 90.7 Å². The summed E-state index contributed by atoms with van der Waals surface area (Å²) in [5, 5.41) is 19.7. The van der Waals surface area contributed by atoms with E-state index in [1.54, 1.807) is 6.07 Å². The van der Waals surface area contributed by atoms with E-state index in [1.807, 2.05) is 79.7 Å². The Morgan fingerprint density at radius 1 is 0.935 bits per heavy atom. The van der Waals surface area contributed by atoms with Crippen LogP contribution in [0, 0.1) is 6.92 Å². The molecule has 6 nitrogen and oxygen atoms in total. The fourth-order valence-electron chi connectivity index (χ4n) is 3.70. The normalized spacial score (nSPS) is 11.5. The van der Waals surface area contributed by atoms with E-state index in [-0.39, 0.29) is 11.6 Å². The van der Waals surface area contributed by atoms with Crippen LogP contribution in [0.2, 0.25) is 0 Å². The number of H-pyrrole nitrogens is 1. The van der Waals surface area contributed by atoms with Gasteiger partial charge in [-0.2, -0.15) is 0 Å². The van der Waals surface area contributed by atoms with Gasteiger partial charge in [-0.05, 0) is 24.6 Å². The molecule has 31 heavy (non-hydrogen) atoms. The fraction of sp³-hybridized carbons (Fsp3) is 0.0400. The Kier molecular flexibility index (Phi) is 4.52. The maximum atomic E-state index is 13.1. The monoisotopic (exact) mass is 406 g/mol. The molecule has 3 aromatic carbocycles. The number of hydrogen-bond donors (Lipinski definition) is 2. The zero-order chi connectivity index (χ0) is 21.4. The highest BCUT2D eigenvalue weighted by molar-refractivity contribution is 6.07. The molecule has 0 unspecified atom stereocenters. The van der Waals surface area contributed by atoms with Gasteiger partial charge < -0.3 is 10.1 Å². The summed E-state index contributed by atoms with van der Waals surface area (Å²) in [5.74, 6) is -0.623. The van der Waals surface area contributed by atoms with Crippen LogP contribution in [0.1, 0.15) is 15.9 Å². The third kappa shape index (κ3) is 3.34. The number of rotatable bonds is 3. The second-order valence-corrected chi connectivity index (χ2v) is 7.26. The van der Waals surface area contributed by atoms with Crippen molar-refractivity contribution in [1.82, 2.24) is 9.97 Å². The molecule has 150 valence electrons. The van der Waals surface area contributed by atoms with Crippen LogP contribution in [0.5, 0.6) is 5.88 Å². The lowest BCUT2D eigenvalue weighted by atomic mass is 10.0. The van der Waals surface area contributed by atoms with Crippen molar-refractivity contribution in [2.45, 2.75) is 6.92 Å². The molecule has 0 aliphatic heterocycles. The third-order valence-corrected chi connectivity index (χ3v) is 5.25. The number of hydrogen-bond acceptors (Lipinski definition) is 4. The van der Waals surface area contributed by atoms with Crippen molar-refractivity contribution in [2.75, 3.05) is 0 Å². The minimum atomic E-state index is -0.503. The SMILES string of the molecule is Cc1cccc2c(N=NC(=O)c3cc(-c4ccccc4)nc4ccccc34)c(O)[nH]c12. The van der Waals surface area contributed by atoms with Gasteiger partial charge in [0.15, 0.2) is 5.69 Å². The second kappa shape index (κ2) is 7.50. The number of aromatic amines is 1. The number of aromatic hydroxyl groups is 1. The quantitative estimate of drug-likeness (QED) is 0.343. The van der Waals surface area contributed by atoms with Gasteiger partial charge in [-0.25, -0.2) is 4.98 Å². The van der Waals surface area contributed by atoms with Crippen LogP contribution in [-0.4, -0.2) is 21.0 Å². The molecule has 1 amide bonds. The molecule has 0 radical (unpaired) electrons. The minimum absolute atomic E-state index is 0.120. The molecule has 0 saturated heterocycles. The number of carbonyl (C=O) groups excluding carboxylic acids is 1. The molecule has 0 aliphatic rings. The van der Waals surface area contributed by atoms with E-state index < -0.39 is 5.91 Å². The average molecular weight is 406 g/mol. The molecular formula is C25H18N4O2. The van der Waals surface area contributed by atoms with Gasteiger partial charge in [0.05, 0.1) is 22.3 Å². The molecule has 0 atom stereocenters. The standard InChI is InChI=1S/C25H18N4O2/c1-15-8-7-12-18-22(15)27-25(31)23(18)28-29-24(30)19-14-21(16-9-3-2-4-10-16)26-20-13-6-5-11-17(19)20/h2-14,27,31H,1H3. The number of aryl methyl sites for hydroxylation is 1. The van der Waals surface area contributed by atoms with Gasteiger partial charge in [0.25, 0.3) is 5.91 Å². The number of nitrogens with zero attached hydrogens (tertiary/aromatic N) is 3. The molecule has 0 spiro atoms. The number of azo groups is 1. The Morgan fingerprint density at radius 3 is 2.52 bits per heavy atom. The number of benzene rings is 3. The Labute approximate surface area is 177 Å². The van der Waals surface area contributed by atoms with Crippen LogP contribution in [0.4, 0.5) is 5.69 Å². The summed E-state index contributed by atoms with van der Waals surface area (Å²) in [5.41, 5.74) is 4.67. The number of aromatic nitrogens is 2. The first kappa shape index (κ1) is 18.7. The van der Waals surface area contributed by atoms with E-state index in [1.165, 1.54) is 0 Å². The zero-order valence-corrected chi connectivity index (χ0v) is 16.7. The molecule has 5 aromatic rings. The van der Waals surface area contributed by atoms with E-state index in [2.05, 4.69) is 15.2 Å². The molecule has 6 heteroatoms. The lowest BCUT2D eigenvalue weighted by molar-refractivity contribution is 0.0996. The highest BCUT2D eigenvalue weighted by Crippen LogP contribution is 2.37. The van der Waals surface area contributed by atoms with Crippen LogP contribution >= 0.6 is 0 Å². The smallest absolute Gasteiger partial charge is 0.296 e. The molecule has 2 aromatic heterocycles. The van der Waals surface area contributed by atoms with Gasteiger partial charge in [0.1, 0.15) is 0 Å². The number of nitrogens with one attached hydrogen (secondary N) is 1. The number of fused-ring (bicyclic) bond motifs is 2. The van der Waals surface area contributed by atoms with Crippen LogP contribution < -0.4 is 0 Å². The minimum Gasteiger partial charge on any atom is -0.493 e. The molecule has 5 rings (SSSR count). The van der Waals surface area contributed by atoms with Crippen molar-refractivity contribution >= 4 is 33.4 Å². The van der Waals surface area contributed by atoms with Crippen LogP contribution in [0.3, 0.4) is 0 Å². The van der Waals surface area contributed by atoms with E-state index in [0.717, 1.165) is 16.6 Å². The van der Waals surface area contributed by atoms with Crippen molar-refractivity contribution < 1.29 is 9.90 Å². The number of carbonyl (C=O) groups is 1. The van der Waals surface area contributed by atoms with Crippen molar-refractivity contribution in [3.8, 4) is 17.1 Å². The third-order valence-electron chi connectivity index (χ3n) is 5.25. The predicted octanol–water partition coefficient (Wildman–Crippen LogP) is 6.32. The van der Waals surface area contributed by atoms with Gasteiger partial charge in [-0.1, -0.05) is 66.7 Å². The summed E-state index contributed by atoms with van der Waals surface area (Å²) in [6.45, 7) is 1.93. The van der Waals surface area contributed by atoms with Crippen LogP contribution in [0.25, 0.3) is 33.1 Å². The highest BCUT2D eigenvalue weighted by atomic mass is 16.3. The first-order chi connectivity index (χ1) is 15.1. The zero-order valence-electron chi connectivity index (χ0n) is 16.7. The van der Waals surface area contributed by atoms with Crippen molar-refractivity contribution in [3.63, 3.8) is 0 Å². The number of para-hydroxylation sites is 2. The molecule has 2 heterocycles. The van der Waals surface area contributed by atoms with Gasteiger partial charge in [0.2, 0.25) is 5.88 Å². The van der Waals surface area contributed by atoms with Crippen molar-refractivity contribution in [1.29, 1.82) is 0 Å². The molecule has 0 saturated carbocycles. The largest absolute Gasteiger partial charge is 0.493 e. The summed E-state index contributed by atoms with van der Waals surface area (Å²) in [6, 6.07) is 24.5. The van der Waals surface area contributed by atoms with Gasteiger partial charge in [-0.3, -0.25) is 4.79 Å². The molecule has 0 fully saturated rings. The first-order valence-corrected chi connectivity index (χ1v) is 9.83. The number of pyridine rings is 1. The van der Waals surface area contributed by atoms with E-state index in [9.17, 15) is 9.90 Å². The average Bonchev–Trinajstić information content (AvgIpc) is 3.13. The Balaban J connectivity index is 1.61. The summed E-state index contributed by atoms with van der Waals surface area (Å²) in [7, 11) is 0. The Bertz CT molecular complexity index is 1470. The van der Waals surface area contributed by atoms with Crippen LogP contribution in [-0.2, 0) is 0 Å². The Morgan fingerprint density at radius 2 is 1.68 bits per heavy atom. The summed E-state index contributed by atoms with van der Waals surface area (Å²) < 4.78 is 0.